The van der Waals surface area contributed by atoms with Crippen LogP contribution in [-0.2, 0) is 14.2 Å². The largest absolute Gasteiger partial charge is 0.389 e. The molecule has 5 heteroatoms. The highest BCUT2D eigenvalue weighted by Gasteiger charge is 2.09. The van der Waals surface area contributed by atoms with Crippen LogP contribution >= 0.6 is 0 Å². The molecule has 0 aromatic carbocycles. The monoisotopic (exact) mass is 249 g/mol. The standard InChI is InChI=1S/C12H27NO4/c1-12(2,3)17-8-7-16-10-11(14)9-13-5-6-15-4/h11,13-14H,5-10H2,1-4H3. The molecule has 0 aliphatic rings. The van der Waals surface area contributed by atoms with Crippen LogP contribution in [-0.4, -0.2) is 63.4 Å². The Morgan fingerprint density at radius 2 is 1.88 bits per heavy atom. The van der Waals surface area contributed by atoms with E-state index in [1.165, 1.54) is 0 Å². The molecule has 2 N–H and O–H groups in total. The van der Waals surface area contributed by atoms with E-state index in [9.17, 15) is 5.11 Å². The smallest absolute Gasteiger partial charge is 0.0897 e. The minimum absolute atomic E-state index is 0.135. The molecule has 0 heterocycles. The number of ether oxygens (including phenoxy) is 3. The number of hydrogen-bond acceptors (Lipinski definition) is 5. The second-order valence-electron chi connectivity index (χ2n) is 4.89. The molecular formula is C12H27NO4. The maximum Gasteiger partial charge on any atom is 0.0897 e. The van der Waals surface area contributed by atoms with E-state index in [-0.39, 0.29) is 5.60 Å². The molecule has 0 fully saturated rings. The van der Waals surface area contributed by atoms with Crippen molar-refractivity contribution in [3.8, 4) is 0 Å². The summed E-state index contributed by atoms with van der Waals surface area (Å²) in [5.41, 5.74) is -0.135. The Bertz CT molecular complexity index is 170. The number of aliphatic hydroxyl groups is 1. The Balaban J connectivity index is 3.24. The minimum atomic E-state index is -0.485. The third-order valence-electron chi connectivity index (χ3n) is 1.94. The van der Waals surface area contributed by atoms with Crippen molar-refractivity contribution < 1.29 is 19.3 Å². The lowest BCUT2D eigenvalue weighted by Crippen LogP contribution is -2.32. The molecule has 1 unspecified atom stereocenters. The second kappa shape index (κ2) is 9.79. The molecule has 0 saturated carbocycles. The van der Waals surface area contributed by atoms with Crippen molar-refractivity contribution in [1.82, 2.24) is 5.32 Å². The van der Waals surface area contributed by atoms with Crippen molar-refractivity contribution in [3.05, 3.63) is 0 Å². The fourth-order valence-corrected chi connectivity index (χ4v) is 1.13. The van der Waals surface area contributed by atoms with Crippen molar-refractivity contribution in [3.63, 3.8) is 0 Å². The summed E-state index contributed by atoms with van der Waals surface area (Å²) in [5, 5.41) is 12.6. The predicted octanol–water partition coefficient (Wildman–Crippen LogP) is 0.415. The van der Waals surface area contributed by atoms with Gasteiger partial charge in [-0.05, 0) is 20.8 Å². The zero-order valence-electron chi connectivity index (χ0n) is 11.5. The van der Waals surface area contributed by atoms with Crippen LogP contribution < -0.4 is 5.32 Å². The lowest BCUT2D eigenvalue weighted by molar-refractivity contribution is -0.0471. The molecule has 0 amide bonds. The average Bonchev–Trinajstić information content (AvgIpc) is 2.22. The highest BCUT2D eigenvalue weighted by Crippen LogP contribution is 2.05. The normalized spacial score (nSPS) is 13.9. The molecule has 104 valence electrons. The Kier molecular flexibility index (Phi) is 9.68. The van der Waals surface area contributed by atoms with Gasteiger partial charge in [0.2, 0.25) is 0 Å². The van der Waals surface area contributed by atoms with Crippen LogP contribution in [0.25, 0.3) is 0 Å². The Morgan fingerprint density at radius 1 is 1.18 bits per heavy atom. The van der Waals surface area contributed by atoms with Crippen molar-refractivity contribution >= 4 is 0 Å². The summed E-state index contributed by atoms with van der Waals surface area (Å²) in [7, 11) is 1.65. The number of rotatable bonds is 10. The number of hydrogen-bond donors (Lipinski definition) is 2. The van der Waals surface area contributed by atoms with Gasteiger partial charge in [-0.2, -0.15) is 0 Å². The summed E-state index contributed by atoms with van der Waals surface area (Å²) < 4.78 is 15.7. The van der Waals surface area contributed by atoms with Crippen molar-refractivity contribution in [2.75, 3.05) is 46.6 Å². The highest BCUT2D eigenvalue weighted by molar-refractivity contribution is 4.59. The molecule has 0 aromatic heterocycles. The maximum absolute atomic E-state index is 9.54. The van der Waals surface area contributed by atoms with E-state index in [0.29, 0.717) is 33.0 Å². The van der Waals surface area contributed by atoms with Gasteiger partial charge in [0.1, 0.15) is 0 Å². The van der Waals surface area contributed by atoms with Crippen molar-refractivity contribution in [1.29, 1.82) is 0 Å². The van der Waals surface area contributed by atoms with Gasteiger partial charge in [0.05, 0.1) is 38.1 Å². The molecule has 0 radical (unpaired) electrons. The van der Waals surface area contributed by atoms with E-state index in [1.54, 1.807) is 7.11 Å². The first-order chi connectivity index (χ1) is 7.95. The van der Waals surface area contributed by atoms with Crippen LogP contribution in [0.3, 0.4) is 0 Å². The van der Waals surface area contributed by atoms with Gasteiger partial charge in [-0.25, -0.2) is 0 Å². The third-order valence-corrected chi connectivity index (χ3v) is 1.94. The average molecular weight is 249 g/mol. The fraction of sp³-hybridized carbons (Fsp3) is 1.00. The summed E-state index contributed by atoms with van der Waals surface area (Å²) in [6, 6.07) is 0. The highest BCUT2D eigenvalue weighted by atomic mass is 16.5. The number of methoxy groups -OCH3 is 1. The molecule has 0 spiro atoms. The van der Waals surface area contributed by atoms with E-state index in [4.69, 9.17) is 14.2 Å². The quantitative estimate of drug-likeness (QED) is 0.549. The SMILES string of the molecule is COCCNCC(O)COCCOC(C)(C)C. The van der Waals surface area contributed by atoms with Gasteiger partial charge in [0.15, 0.2) is 0 Å². The summed E-state index contributed by atoms with van der Waals surface area (Å²) in [6.07, 6.45) is -0.485. The van der Waals surface area contributed by atoms with E-state index < -0.39 is 6.10 Å². The molecule has 5 nitrogen and oxygen atoms in total. The second-order valence-corrected chi connectivity index (χ2v) is 4.89. The van der Waals surface area contributed by atoms with Gasteiger partial charge < -0.3 is 24.6 Å². The summed E-state index contributed by atoms with van der Waals surface area (Å²) >= 11 is 0. The third kappa shape index (κ3) is 13.7. The van der Waals surface area contributed by atoms with Gasteiger partial charge in [0, 0.05) is 20.2 Å². The Labute approximate surface area is 104 Å². The van der Waals surface area contributed by atoms with Crippen LogP contribution in [0.5, 0.6) is 0 Å². The summed E-state index contributed by atoms with van der Waals surface area (Å²) in [4.78, 5) is 0. The first kappa shape index (κ1) is 16.8. The van der Waals surface area contributed by atoms with Crippen LogP contribution in [0.4, 0.5) is 0 Å². The van der Waals surface area contributed by atoms with Crippen LogP contribution in [0, 0.1) is 0 Å². The van der Waals surface area contributed by atoms with E-state index in [2.05, 4.69) is 5.32 Å². The Hall–Kier alpha value is -0.200. The zero-order chi connectivity index (χ0) is 13.1. The fourth-order valence-electron chi connectivity index (χ4n) is 1.13. The first-order valence-electron chi connectivity index (χ1n) is 6.05. The molecular weight excluding hydrogens is 222 g/mol. The lowest BCUT2D eigenvalue weighted by atomic mass is 10.2. The van der Waals surface area contributed by atoms with Gasteiger partial charge in [-0.15, -0.1) is 0 Å². The van der Waals surface area contributed by atoms with Gasteiger partial charge in [0.25, 0.3) is 0 Å². The molecule has 0 aliphatic heterocycles. The zero-order valence-corrected chi connectivity index (χ0v) is 11.5. The molecule has 0 saturated heterocycles. The lowest BCUT2D eigenvalue weighted by Gasteiger charge is -2.19. The molecule has 0 aliphatic carbocycles. The first-order valence-corrected chi connectivity index (χ1v) is 6.05. The Morgan fingerprint density at radius 3 is 2.47 bits per heavy atom. The molecule has 1 atom stereocenters. The molecule has 0 rings (SSSR count). The summed E-state index contributed by atoms with van der Waals surface area (Å²) in [5.74, 6) is 0. The molecule has 17 heavy (non-hydrogen) atoms. The van der Waals surface area contributed by atoms with E-state index >= 15 is 0 Å². The topological polar surface area (TPSA) is 60.0 Å². The minimum Gasteiger partial charge on any atom is -0.389 e. The van der Waals surface area contributed by atoms with Crippen molar-refractivity contribution in [2.24, 2.45) is 0 Å². The van der Waals surface area contributed by atoms with Crippen LogP contribution in [0.1, 0.15) is 20.8 Å². The van der Waals surface area contributed by atoms with E-state index in [1.807, 2.05) is 20.8 Å². The van der Waals surface area contributed by atoms with Crippen LogP contribution in [0.2, 0.25) is 0 Å². The van der Waals surface area contributed by atoms with Gasteiger partial charge >= 0.3 is 0 Å². The van der Waals surface area contributed by atoms with Gasteiger partial charge in [-0.1, -0.05) is 0 Å². The van der Waals surface area contributed by atoms with Gasteiger partial charge in [-0.3, -0.25) is 0 Å². The predicted molar refractivity (Wildman–Crippen MR) is 67.3 cm³/mol. The number of aliphatic hydroxyl groups excluding tert-OH is 1. The summed E-state index contributed by atoms with van der Waals surface area (Å²) in [6.45, 7) is 9.29. The number of nitrogens with one attached hydrogen (secondary N) is 1. The molecule has 0 aromatic rings. The maximum atomic E-state index is 9.54. The van der Waals surface area contributed by atoms with Crippen LogP contribution in [0.15, 0.2) is 0 Å². The molecule has 0 bridgehead atoms. The van der Waals surface area contributed by atoms with E-state index in [0.717, 1.165) is 6.54 Å². The van der Waals surface area contributed by atoms with Crippen molar-refractivity contribution in [2.45, 2.75) is 32.5 Å².